The molecule has 0 heterocycles. The number of halogens is 2. The van der Waals surface area contributed by atoms with Crippen LogP contribution in [0.2, 0.25) is 0 Å². The third kappa shape index (κ3) is 7.50. The summed E-state index contributed by atoms with van der Waals surface area (Å²) in [5, 5.41) is 2.48. The van der Waals surface area contributed by atoms with Crippen molar-refractivity contribution in [3.63, 3.8) is 0 Å². The molecule has 6 nitrogen and oxygen atoms in total. The van der Waals surface area contributed by atoms with Crippen LogP contribution in [-0.4, -0.2) is 37.6 Å². The molecule has 0 aromatic heterocycles. The topological polar surface area (TPSA) is 81.7 Å². The van der Waals surface area contributed by atoms with Crippen LogP contribution in [0.3, 0.4) is 0 Å². The van der Waals surface area contributed by atoms with Gasteiger partial charge in [-0.3, -0.25) is 4.79 Å². The summed E-state index contributed by atoms with van der Waals surface area (Å²) in [6, 6.07) is 12.5. The third-order valence-electron chi connectivity index (χ3n) is 3.81. The molecule has 0 spiro atoms. The number of benzene rings is 2. The second-order valence-electron chi connectivity index (χ2n) is 5.94. The molecule has 0 fully saturated rings. The number of hydrogen-bond donors (Lipinski definition) is 1. The lowest BCUT2D eigenvalue weighted by Crippen LogP contribution is -2.44. The maximum Gasteiger partial charge on any atom is 0.331 e. The van der Waals surface area contributed by atoms with Crippen LogP contribution in [0.4, 0.5) is 4.39 Å². The molecule has 1 amide bonds. The fraction of sp³-hybridized carbons (Fsp3) is 0.190. The lowest BCUT2D eigenvalue weighted by Gasteiger charge is -2.16. The molecule has 8 heteroatoms. The van der Waals surface area contributed by atoms with Crippen molar-refractivity contribution in [2.45, 2.75) is 12.5 Å². The second-order valence-corrected chi connectivity index (χ2v) is 6.86. The quantitative estimate of drug-likeness (QED) is 0.480. The van der Waals surface area contributed by atoms with E-state index in [1.807, 2.05) is 30.3 Å². The highest BCUT2D eigenvalue weighted by molar-refractivity contribution is 9.10. The monoisotopic (exact) mass is 463 g/mol. The molecule has 1 N–H and O–H groups in total. The Hall–Kier alpha value is -3.00. The molecule has 0 saturated heterocycles. The van der Waals surface area contributed by atoms with Crippen LogP contribution in [0.1, 0.15) is 11.1 Å². The zero-order chi connectivity index (χ0) is 21.2. The van der Waals surface area contributed by atoms with Gasteiger partial charge >= 0.3 is 11.9 Å². The lowest BCUT2D eigenvalue weighted by atomic mass is 10.1. The van der Waals surface area contributed by atoms with E-state index in [1.54, 1.807) is 0 Å². The van der Waals surface area contributed by atoms with Crippen LogP contribution in [0.15, 0.2) is 59.1 Å². The number of methoxy groups -OCH3 is 1. The highest BCUT2D eigenvalue weighted by Gasteiger charge is 2.22. The van der Waals surface area contributed by atoms with Crippen LogP contribution in [-0.2, 0) is 30.3 Å². The first-order valence-electron chi connectivity index (χ1n) is 8.60. The fourth-order valence-corrected chi connectivity index (χ4v) is 2.79. The van der Waals surface area contributed by atoms with E-state index in [4.69, 9.17) is 9.47 Å². The molecule has 0 aliphatic heterocycles. The molecule has 2 aromatic rings. The smallest absolute Gasteiger partial charge is 0.331 e. The normalized spacial score (nSPS) is 11.7. The largest absolute Gasteiger partial charge is 0.467 e. The van der Waals surface area contributed by atoms with Gasteiger partial charge in [-0.1, -0.05) is 46.3 Å². The predicted octanol–water partition coefficient (Wildman–Crippen LogP) is 3.05. The van der Waals surface area contributed by atoms with E-state index in [1.165, 1.54) is 31.4 Å². The lowest BCUT2D eigenvalue weighted by molar-refractivity contribution is -0.147. The van der Waals surface area contributed by atoms with Gasteiger partial charge in [0, 0.05) is 22.5 Å². The molecule has 2 aromatic carbocycles. The Kier molecular flexibility index (Phi) is 8.54. The summed E-state index contributed by atoms with van der Waals surface area (Å²) in [4.78, 5) is 35.7. The molecule has 0 bridgehead atoms. The van der Waals surface area contributed by atoms with Gasteiger partial charge < -0.3 is 14.8 Å². The summed E-state index contributed by atoms with van der Waals surface area (Å²) in [5.74, 6) is -2.60. The summed E-state index contributed by atoms with van der Waals surface area (Å²) in [6.07, 6.45) is 2.49. The minimum absolute atomic E-state index is 0.189. The Balaban J connectivity index is 1.89. The van der Waals surface area contributed by atoms with E-state index in [0.29, 0.717) is 4.47 Å². The minimum atomic E-state index is -0.917. The average molecular weight is 464 g/mol. The maximum atomic E-state index is 13.6. The van der Waals surface area contributed by atoms with Crippen LogP contribution >= 0.6 is 15.9 Å². The molecule has 0 aliphatic rings. The van der Waals surface area contributed by atoms with Gasteiger partial charge in [-0.2, -0.15) is 0 Å². The average Bonchev–Trinajstić information content (AvgIpc) is 2.72. The maximum absolute atomic E-state index is 13.6. The van der Waals surface area contributed by atoms with Gasteiger partial charge in [-0.05, 0) is 29.8 Å². The number of amides is 1. The first kappa shape index (κ1) is 22.3. The zero-order valence-electron chi connectivity index (χ0n) is 15.6. The minimum Gasteiger partial charge on any atom is -0.467 e. The fourth-order valence-electron chi connectivity index (χ4n) is 2.41. The number of rotatable bonds is 8. The van der Waals surface area contributed by atoms with Gasteiger partial charge in [0.2, 0.25) is 0 Å². The van der Waals surface area contributed by atoms with Crippen molar-refractivity contribution in [1.82, 2.24) is 5.32 Å². The van der Waals surface area contributed by atoms with Crippen LogP contribution in [0.5, 0.6) is 0 Å². The summed E-state index contributed by atoms with van der Waals surface area (Å²) in [7, 11) is 1.22. The van der Waals surface area contributed by atoms with Gasteiger partial charge in [-0.25, -0.2) is 14.0 Å². The molecule has 152 valence electrons. The Morgan fingerprint density at radius 1 is 1.17 bits per heavy atom. The first-order chi connectivity index (χ1) is 13.9. The third-order valence-corrected chi connectivity index (χ3v) is 4.30. The number of hydrogen-bond acceptors (Lipinski definition) is 5. The van der Waals surface area contributed by atoms with Crippen molar-refractivity contribution in [3.05, 3.63) is 76.0 Å². The summed E-state index contributed by atoms with van der Waals surface area (Å²) < 4.78 is 23.8. The highest BCUT2D eigenvalue weighted by atomic mass is 79.9. The molecule has 1 atom stereocenters. The number of carbonyl (C=O) groups excluding carboxylic acids is 3. The van der Waals surface area contributed by atoms with Crippen molar-refractivity contribution in [2.24, 2.45) is 0 Å². The predicted molar refractivity (Wildman–Crippen MR) is 108 cm³/mol. The van der Waals surface area contributed by atoms with Crippen LogP contribution in [0.25, 0.3) is 6.08 Å². The van der Waals surface area contributed by atoms with E-state index in [0.717, 1.165) is 11.6 Å². The standard InChI is InChI=1S/C21H19BrFNO5/c1-28-21(27)18(11-14-5-3-2-4-6-14)24-19(25)13-29-20(26)10-7-15-12-16(22)8-9-17(15)23/h2-10,12,18H,11,13H2,1H3,(H,24,25)/b10-7+. The Labute approximate surface area is 175 Å². The van der Waals surface area contributed by atoms with Gasteiger partial charge in [0.05, 0.1) is 7.11 Å². The molecule has 1 unspecified atom stereocenters. The molecule has 2 rings (SSSR count). The number of carbonyl (C=O) groups is 3. The first-order valence-corrected chi connectivity index (χ1v) is 9.39. The number of ether oxygens (including phenoxy) is 2. The van der Waals surface area contributed by atoms with E-state index < -0.39 is 36.3 Å². The van der Waals surface area contributed by atoms with Crippen LogP contribution in [0, 0.1) is 5.82 Å². The van der Waals surface area contributed by atoms with Crippen molar-refractivity contribution in [2.75, 3.05) is 13.7 Å². The molecular formula is C21H19BrFNO5. The summed E-state index contributed by atoms with van der Waals surface area (Å²) in [5.41, 5.74) is 1.02. The van der Waals surface area contributed by atoms with Gasteiger partial charge in [-0.15, -0.1) is 0 Å². The highest BCUT2D eigenvalue weighted by Crippen LogP contribution is 2.16. The van der Waals surface area contributed by atoms with E-state index in [9.17, 15) is 18.8 Å². The second kappa shape index (κ2) is 11.1. The molecule has 0 saturated carbocycles. The van der Waals surface area contributed by atoms with Gasteiger partial charge in [0.25, 0.3) is 5.91 Å². The van der Waals surface area contributed by atoms with Crippen molar-refractivity contribution < 1.29 is 28.2 Å². The van der Waals surface area contributed by atoms with Crippen molar-refractivity contribution in [1.29, 1.82) is 0 Å². The van der Waals surface area contributed by atoms with E-state index >= 15 is 0 Å². The van der Waals surface area contributed by atoms with Crippen LogP contribution < -0.4 is 5.32 Å². The molecule has 0 aliphatic carbocycles. The SMILES string of the molecule is COC(=O)C(Cc1ccccc1)NC(=O)COC(=O)/C=C/c1cc(Br)ccc1F. The summed E-state index contributed by atoms with van der Waals surface area (Å²) >= 11 is 3.21. The zero-order valence-corrected chi connectivity index (χ0v) is 17.1. The van der Waals surface area contributed by atoms with E-state index in [-0.39, 0.29) is 12.0 Å². The van der Waals surface area contributed by atoms with E-state index in [2.05, 4.69) is 21.2 Å². The Morgan fingerprint density at radius 3 is 2.59 bits per heavy atom. The molecular weight excluding hydrogens is 445 g/mol. The van der Waals surface area contributed by atoms with Crippen molar-refractivity contribution >= 4 is 39.9 Å². The molecule has 29 heavy (non-hydrogen) atoms. The van der Waals surface area contributed by atoms with Gasteiger partial charge in [0.15, 0.2) is 6.61 Å². The summed E-state index contributed by atoms with van der Waals surface area (Å²) in [6.45, 7) is -0.591. The molecule has 0 radical (unpaired) electrons. The number of esters is 2. The number of nitrogens with one attached hydrogen (secondary N) is 1. The Morgan fingerprint density at radius 2 is 1.90 bits per heavy atom. The van der Waals surface area contributed by atoms with Crippen molar-refractivity contribution in [3.8, 4) is 0 Å². The van der Waals surface area contributed by atoms with Gasteiger partial charge in [0.1, 0.15) is 11.9 Å². The Bertz CT molecular complexity index is 901.